The standard InChI is InChI=1S/C12H15BrN6/c1-8-16-11(18-17-8)10-4-2-3-5-19(10)12-9(13)6-14-7-15-12/h6-7,10H,2-5H2,1H3,(H,16,17,18). The van der Waals surface area contributed by atoms with Crippen molar-refractivity contribution in [3.8, 4) is 0 Å². The zero-order valence-corrected chi connectivity index (χ0v) is 12.3. The van der Waals surface area contributed by atoms with E-state index in [1.807, 2.05) is 6.92 Å². The highest BCUT2D eigenvalue weighted by molar-refractivity contribution is 9.10. The first-order chi connectivity index (χ1) is 9.25. The minimum absolute atomic E-state index is 0.185. The Labute approximate surface area is 119 Å². The van der Waals surface area contributed by atoms with Gasteiger partial charge in [-0.1, -0.05) is 0 Å². The summed E-state index contributed by atoms with van der Waals surface area (Å²) in [6.07, 6.45) is 6.76. The Bertz CT molecular complexity index is 569. The lowest BCUT2D eigenvalue weighted by molar-refractivity contribution is 0.453. The van der Waals surface area contributed by atoms with Crippen LogP contribution in [0.25, 0.3) is 0 Å². The molecule has 3 rings (SSSR count). The summed E-state index contributed by atoms with van der Waals surface area (Å²) in [4.78, 5) is 15.1. The van der Waals surface area contributed by atoms with Crippen molar-refractivity contribution in [1.29, 1.82) is 0 Å². The van der Waals surface area contributed by atoms with Crippen LogP contribution >= 0.6 is 15.9 Å². The average Bonchev–Trinajstić information content (AvgIpc) is 2.86. The van der Waals surface area contributed by atoms with Crippen LogP contribution in [-0.2, 0) is 0 Å². The van der Waals surface area contributed by atoms with Gasteiger partial charge in [0.2, 0.25) is 0 Å². The molecule has 2 aromatic rings. The van der Waals surface area contributed by atoms with Gasteiger partial charge in [0.1, 0.15) is 18.0 Å². The number of H-pyrrole nitrogens is 1. The molecule has 1 N–H and O–H groups in total. The van der Waals surface area contributed by atoms with Crippen LogP contribution in [0.3, 0.4) is 0 Å². The van der Waals surface area contributed by atoms with Gasteiger partial charge in [-0.15, -0.1) is 0 Å². The van der Waals surface area contributed by atoms with Gasteiger partial charge in [0.05, 0.1) is 10.5 Å². The number of hydrogen-bond acceptors (Lipinski definition) is 5. The van der Waals surface area contributed by atoms with Crippen molar-refractivity contribution in [3.63, 3.8) is 0 Å². The minimum atomic E-state index is 0.185. The summed E-state index contributed by atoms with van der Waals surface area (Å²) in [6.45, 7) is 2.89. The van der Waals surface area contributed by atoms with Crippen molar-refractivity contribution in [2.45, 2.75) is 32.2 Å². The molecule has 2 aromatic heterocycles. The van der Waals surface area contributed by atoms with Gasteiger partial charge in [-0.2, -0.15) is 5.10 Å². The minimum Gasteiger partial charge on any atom is -0.345 e. The molecule has 0 amide bonds. The van der Waals surface area contributed by atoms with Crippen molar-refractivity contribution in [1.82, 2.24) is 25.1 Å². The number of anilines is 1. The van der Waals surface area contributed by atoms with Gasteiger partial charge in [-0.25, -0.2) is 15.0 Å². The fourth-order valence-electron chi connectivity index (χ4n) is 2.48. The molecule has 6 nitrogen and oxygen atoms in total. The Morgan fingerprint density at radius 2 is 2.32 bits per heavy atom. The lowest BCUT2D eigenvalue weighted by Crippen LogP contribution is -2.35. The molecule has 3 heterocycles. The van der Waals surface area contributed by atoms with Crippen LogP contribution < -0.4 is 4.90 Å². The average molecular weight is 323 g/mol. The molecular weight excluding hydrogens is 308 g/mol. The summed E-state index contributed by atoms with van der Waals surface area (Å²) in [5.74, 6) is 2.62. The summed E-state index contributed by atoms with van der Waals surface area (Å²) in [6, 6.07) is 0.185. The van der Waals surface area contributed by atoms with E-state index < -0.39 is 0 Å². The van der Waals surface area contributed by atoms with Crippen LogP contribution in [0.5, 0.6) is 0 Å². The smallest absolute Gasteiger partial charge is 0.173 e. The molecule has 0 spiro atoms. The van der Waals surface area contributed by atoms with Gasteiger partial charge in [-0.05, 0) is 42.1 Å². The van der Waals surface area contributed by atoms with Crippen LogP contribution in [0.1, 0.15) is 37.0 Å². The fraction of sp³-hybridized carbons (Fsp3) is 0.500. The van der Waals surface area contributed by atoms with Gasteiger partial charge < -0.3 is 4.90 Å². The van der Waals surface area contributed by atoms with E-state index in [-0.39, 0.29) is 6.04 Å². The molecule has 1 aliphatic heterocycles. The van der Waals surface area contributed by atoms with E-state index in [9.17, 15) is 0 Å². The maximum atomic E-state index is 4.47. The number of nitrogens with one attached hydrogen (secondary N) is 1. The van der Waals surface area contributed by atoms with Crippen molar-refractivity contribution in [3.05, 3.63) is 28.6 Å². The summed E-state index contributed by atoms with van der Waals surface area (Å²) in [5, 5.41) is 7.23. The molecule has 1 aliphatic rings. The molecule has 100 valence electrons. The molecule has 1 saturated heterocycles. The molecule has 19 heavy (non-hydrogen) atoms. The predicted molar refractivity (Wildman–Crippen MR) is 74.8 cm³/mol. The maximum Gasteiger partial charge on any atom is 0.173 e. The summed E-state index contributed by atoms with van der Waals surface area (Å²) < 4.78 is 0.911. The first-order valence-electron chi connectivity index (χ1n) is 6.37. The second kappa shape index (κ2) is 5.24. The van der Waals surface area contributed by atoms with Gasteiger partial charge in [0.15, 0.2) is 5.82 Å². The van der Waals surface area contributed by atoms with Gasteiger partial charge in [-0.3, -0.25) is 5.10 Å². The number of piperidine rings is 1. The van der Waals surface area contributed by atoms with Gasteiger partial charge in [0, 0.05) is 12.7 Å². The number of halogens is 1. The first-order valence-corrected chi connectivity index (χ1v) is 7.16. The molecule has 1 atom stereocenters. The Morgan fingerprint density at radius 1 is 1.42 bits per heavy atom. The van der Waals surface area contributed by atoms with Crippen LogP contribution in [-0.4, -0.2) is 31.7 Å². The number of hydrogen-bond donors (Lipinski definition) is 1. The quantitative estimate of drug-likeness (QED) is 0.919. The number of rotatable bonds is 2. The van der Waals surface area contributed by atoms with Crippen molar-refractivity contribution in [2.24, 2.45) is 0 Å². The molecular formula is C12H15BrN6. The second-order valence-corrected chi connectivity index (χ2v) is 5.53. The van der Waals surface area contributed by atoms with Crippen molar-refractivity contribution in [2.75, 3.05) is 11.4 Å². The van der Waals surface area contributed by atoms with E-state index in [4.69, 9.17) is 0 Å². The summed E-state index contributed by atoms with van der Waals surface area (Å²) in [5.41, 5.74) is 0. The van der Waals surface area contributed by atoms with Crippen LogP contribution in [0, 0.1) is 6.92 Å². The molecule has 0 aliphatic carbocycles. The van der Waals surface area contributed by atoms with Gasteiger partial charge >= 0.3 is 0 Å². The molecule has 0 bridgehead atoms. The first kappa shape index (κ1) is 12.5. The number of nitrogens with zero attached hydrogens (tertiary/aromatic N) is 5. The van der Waals surface area contributed by atoms with Crippen molar-refractivity contribution >= 4 is 21.7 Å². The molecule has 0 saturated carbocycles. The topological polar surface area (TPSA) is 70.6 Å². The molecule has 1 fully saturated rings. The number of aryl methyl sites for hydroxylation is 1. The summed E-state index contributed by atoms with van der Waals surface area (Å²) in [7, 11) is 0. The number of aromatic nitrogens is 5. The third kappa shape index (κ3) is 2.47. The fourth-order valence-corrected chi connectivity index (χ4v) is 2.93. The summed E-state index contributed by atoms with van der Waals surface area (Å²) >= 11 is 3.52. The maximum absolute atomic E-state index is 4.47. The monoisotopic (exact) mass is 322 g/mol. The normalized spacial score (nSPS) is 19.7. The third-order valence-corrected chi connectivity index (χ3v) is 3.89. The highest BCUT2D eigenvalue weighted by Crippen LogP contribution is 2.35. The molecule has 0 radical (unpaired) electrons. The van der Waals surface area contributed by atoms with Crippen LogP contribution in [0.4, 0.5) is 5.82 Å². The van der Waals surface area contributed by atoms with E-state index in [2.05, 4.69) is 46.0 Å². The zero-order valence-electron chi connectivity index (χ0n) is 10.7. The molecule has 7 heteroatoms. The highest BCUT2D eigenvalue weighted by Gasteiger charge is 2.29. The zero-order chi connectivity index (χ0) is 13.2. The molecule has 1 unspecified atom stereocenters. The lowest BCUT2D eigenvalue weighted by Gasteiger charge is -2.35. The van der Waals surface area contributed by atoms with Crippen LogP contribution in [0.15, 0.2) is 17.0 Å². The SMILES string of the molecule is Cc1nc(C2CCCCN2c2ncncc2Br)n[nH]1. The highest BCUT2D eigenvalue weighted by atomic mass is 79.9. The van der Waals surface area contributed by atoms with E-state index >= 15 is 0 Å². The Kier molecular flexibility index (Phi) is 3.46. The Morgan fingerprint density at radius 3 is 3.05 bits per heavy atom. The second-order valence-electron chi connectivity index (χ2n) is 4.68. The largest absolute Gasteiger partial charge is 0.345 e. The number of aromatic amines is 1. The predicted octanol–water partition coefficient (Wildman–Crippen LogP) is 2.40. The Balaban J connectivity index is 1.96. The van der Waals surface area contributed by atoms with E-state index in [0.29, 0.717) is 0 Å². The van der Waals surface area contributed by atoms with E-state index in [1.54, 1.807) is 12.5 Å². The lowest BCUT2D eigenvalue weighted by atomic mass is 10.0. The van der Waals surface area contributed by atoms with Crippen molar-refractivity contribution < 1.29 is 0 Å². The Hall–Kier alpha value is -1.50. The molecule has 0 aromatic carbocycles. The van der Waals surface area contributed by atoms with E-state index in [1.165, 1.54) is 6.42 Å². The van der Waals surface area contributed by atoms with Gasteiger partial charge in [0.25, 0.3) is 0 Å². The van der Waals surface area contributed by atoms with Crippen LogP contribution in [0.2, 0.25) is 0 Å². The van der Waals surface area contributed by atoms with E-state index in [0.717, 1.165) is 41.3 Å². The third-order valence-electron chi connectivity index (χ3n) is 3.34.